The van der Waals surface area contributed by atoms with Crippen LogP contribution in [0, 0.1) is 6.92 Å². The zero-order valence-corrected chi connectivity index (χ0v) is 22.9. The minimum Gasteiger partial charge on any atom is -0.410 e. The van der Waals surface area contributed by atoms with Crippen molar-refractivity contribution in [2.45, 2.75) is 25.9 Å². The van der Waals surface area contributed by atoms with Gasteiger partial charge in [0.05, 0.1) is 18.3 Å². The lowest BCUT2D eigenvalue weighted by Gasteiger charge is -2.30. The van der Waals surface area contributed by atoms with Crippen molar-refractivity contribution in [2.24, 2.45) is 0 Å². The fraction of sp³-hybridized carbons (Fsp3) is 0.179. The van der Waals surface area contributed by atoms with Gasteiger partial charge in [-0.2, -0.15) is 0 Å². The molecule has 37 heavy (non-hydrogen) atoms. The van der Waals surface area contributed by atoms with Crippen LogP contribution in [0.25, 0.3) is 0 Å². The molecule has 0 N–H and O–H groups in total. The first-order valence-electron chi connectivity index (χ1n) is 11.6. The van der Waals surface area contributed by atoms with Crippen LogP contribution in [0.2, 0.25) is 10.0 Å². The molecule has 1 aliphatic heterocycles. The SMILES string of the molecule is Cc1nc2c(c(=O)n1C(c1ccc(Cl)cc1)c1ccc(Cl)cc1)CCN(C(=O)Oc1ccc(Br)cc1)C2. The van der Waals surface area contributed by atoms with Gasteiger partial charge < -0.3 is 9.64 Å². The molecule has 0 atom stereocenters. The Kier molecular flexibility index (Phi) is 7.38. The van der Waals surface area contributed by atoms with Crippen molar-refractivity contribution in [3.8, 4) is 5.75 Å². The predicted octanol–water partition coefficient (Wildman–Crippen LogP) is 6.82. The van der Waals surface area contributed by atoms with Crippen LogP contribution in [0.4, 0.5) is 4.79 Å². The molecule has 0 saturated heterocycles. The van der Waals surface area contributed by atoms with Crippen molar-refractivity contribution < 1.29 is 9.53 Å². The molecule has 1 aromatic heterocycles. The second-order valence-corrected chi connectivity index (χ2v) is 10.5. The molecule has 0 bridgehead atoms. The number of carbonyl (C=O) groups is 1. The zero-order valence-electron chi connectivity index (χ0n) is 19.8. The van der Waals surface area contributed by atoms with Crippen LogP contribution >= 0.6 is 39.1 Å². The monoisotopic (exact) mass is 597 g/mol. The molecule has 0 radical (unpaired) electrons. The first-order valence-corrected chi connectivity index (χ1v) is 13.2. The summed E-state index contributed by atoms with van der Waals surface area (Å²) in [7, 11) is 0. The van der Waals surface area contributed by atoms with Crippen LogP contribution in [0.5, 0.6) is 5.75 Å². The average molecular weight is 599 g/mol. The van der Waals surface area contributed by atoms with E-state index in [0.29, 0.717) is 45.8 Å². The number of rotatable bonds is 4. The largest absolute Gasteiger partial charge is 0.415 e. The van der Waals surface area contributed by atoms with Gasteiger partial charge in [0.2, 0.25) is 0 Å². The van der Waals surface area contributed by atoms with Gasteiger partial charge in [-0.3, -0.25) is 9.36 Å². The van der Waals surface area contributed by atoms with Gasteiger partial charge in [-0.05, 0) is 73.0 Å². The Morgan fingerprint density at radius 1 is 0.946 bits per heavy atom. The fourth-order valence-electron chi connectivity index (χ4n) is 4.53. The number of hydrogen-bond acceptors (Lipinski definition) is 4. The lowest BCUT2D eigenvalue weighted by molar-refractivity contribution is 0.145. The Morgan fingerprint density at radius 3 is 2.08 bits per heavy atom. The summed E-state index contributed by atoms with van der Waals surface area (Å²) >= 11 is 15.7. The third-order valence-electron chi connectivity index (χ3n) is 6.35. The number of halogens is 3. The van der Waals surface area contributed by atoms with Crippen LogP contribution in [-0.4, -0.2) is 27.1 Å². The number of amides is 1. The normalized spacial score (nSPS) is 12.9. The molecule has 0 unspecified atom stereocenters. The van der Waals surface area contributed by atoms with E-state index in [2.05, 4.69) is 15.9 Å². The number of hydrogen-bond donors (Lipinski definition) is 0. The number of benzene rings is 3. The van der Waals surface area contributed by atoms with Gasteiger partial charge in [-0.15, -0.1) is 0 Å². The van der Waals surface area contributed by atoms with Crippen molar-refractivity contribution in [3.05, 3.63) is 126 Å². The van der Waals surface area contributed by atoms with E-state index in [4.69, 9.17) is 32.9 Å². The van der Waals surface area contributed by atoms with E-state index in [1.165, 1.54) is 0 Å². The Balaban J connectivity index is 1.49. The topological polar surface area (TPSA) is 64.4 Å². The molecular formula is C28H22BrCl2N3O3. The van der Waals surface area contributed by atoms with Gasteiger partial charge in [-0.1, -0.05) is 63.4 Å². The maximum Gasteiger partial charge on any atom is 0.415 e. The summed E-state index contributed by atoms with van der Waals surface area (Å²) in [5, 5.41) is 1.22. The summed E-state index contributed by atoms with van der Waals surface area (Å²) in [4.78, 5) is 33.0. The number of fused-ring (bicyclic) bond motifs is 1. The maximum atomic E-state index is 13.9. The van der Waals surface area contributed by atoms with Crippen LogP contribution in [0.1, 0.15) is 34.3 Å². The van der Waals surface area contributed by atoms with Crippen LogP contribution in [0.15, 0.2) is 82.1 Å². The lowest BCUT2D eigenvalue weighted by Crippen LogP contribution is -2.43. The van der Waals surface area contributed by atoms with Crippen molar-refractivity contribution in [3.63, 3.8) is 0 Å². The molecule has 9 heteroatoms. The van der Waals surface area contributed by atoms with Crippen molar-refractivity contribution in [1.29, 1.82) is 0 Å². The van der Waals surface area contributed by atoms with E-state index < -0.39 is 12.1 Å². The minimum atomic E-state index is -0.475. The smallest absolute Gasteiger partial charge is 0.410 e. The van der Waals surface area contributed by atoms with Gasteiger partial charge in [0.15, 0.2) is 0 Å². The molecule has 0 saturated carbocycles. The number of nitrogens with zero attached hydrogens (tertiary/aromatic N) is 3. The van der Waals surface area contributed by atoms with Crippen LogP contribution < -0.4 is 10.3 Å². The average Bonchev–Trinajstić information content (AvgIpc) is 2.89. The predicted molar refractivity (Wildman–Crippen MR) is 148 cm³/mol. The number of carbonyl (C=O) groups excluding carboxylic acids is 1. The Labute approximate surface area is 232 Å². The quantitative estimate of drug-likeness (QED) is 0.259. The third kappa shape index (κ3) is 5.44. The highest BCUT2D eigenvalue weighted by Gasteiger charge is 2.29. The molecule has 4 aromatic rings. The van der Waals surface area contributed by atoms with Gasteiger partial charge in [0, 0.05) is 26.6 Å². The second-order valence-electron chi connectivity index (χ2n) is 8.76. The fourth-order valence-corrected chi connectivity index (χ4v) is 5.05. The first-order chi connectivity index (χ1) is 17.8. The first kappa shape index (κ1) is 25.5. The van der Waals surface area contributed by atoms with E-state index >= 15 is 0 Å². The van der Waals surface area contributed by atoms with Gasteiger partial charge >= 0.3 is 6.09 Å². The number of aryl methyl sites for hydroxylation is 1. The zero-order chi connectivity index (χ0) is 26.1. The van der Waals surface area contributed by atoms with E-state index in [1.54, 1.807) is 64.9 Å². The summed E-state index contributed by atoms with van der Waals surface area (Å²) in [5.41, 5.74) is 2.86. The van der Waals surface area contributed by atoms with Crippen molar-refractivity contribution >= 4 is 45.2 Å². The molecule has 5 rings (SSSR count). The van der Waals surface area contributed by atoms with Crippen molar-refractivity contribution in [2.75, 3.05) is 6.54 Å². The summed E-state index contributed by atoms with van der Waals surface area (Å²) in [6.07, 6.45) is -0.0954. The third-order valence-corrected chi connectivity index (χ3v) is 7.38. The highest BCUT2D eigenvalue weighted by molar-refractivity contribution is 9.10. The van der Waals surface area contributed by atoms with Crippen LogP contribution in [-0.2, 0) is 13.0 Å². The van der Waals surface area contributed by atoms with Crippen molar-refractivity contribution in [1.82, 2.24) is 14.5 Å². The lowest BCUT2D eigenvalue weighted by atomic mass is 9.97. The maximum absolute atomic E-state index is 13.9. The summed E-state index contributed by atoms with van der Waals surface area (Å²) < 4.78 is 8.12. The highest BCUT2D eigenvalue weighted by Crippen LogP contribution is 2.29. The molecule has 0 spiro atoms. The Bertz CT molecular complexity index is 1460. The molecular weight excluding hydrogens is 577 g/mol. The molecule has 0 fully saturated rings. The highest BCUT2D eigenvalue weighted by atomic mass is 79.9. The number of aromatic nitrogens is 2. The van der Waals surface area contributed by atoms with E-state index in [9.17, 15) is 9.59 Å². The molecule has 0 aliphatic carbocycles. The molecule has 1 amide bonds. The van der Waals surface area contributed by atoms with E-state index in [1.807, 2.05) is 24.3 Å². The van der Waals surface area contributed by atoms with Gasteiger partial charge in [0.25, 0.3) is 5.56 Å². The van der Waals surface area contributed by atoms with Gasteiger partial charge in [0.1, 0.15) is 11.6 Å². The number of ether oxygens (including phenoxy) is 1. The standard InChI is InChI=1S/C28H22BrCl2N3O3/c1-17-32-25-16-33(28(36)37-23-12-6-20(29)7-13-23)15-14-24(25)27(35)34(17)26(18-2-8-21(30)9-3-18)19-4-10-22(31)11-5-19/h2-13,26H,14-16H2,1H3. The molecule has 6 nitrogen and oxygen atoms in total. The molecule has 3 aromatic carbocycles. The Morgan fingerprint density at radius 2 is 1.51 bits per heavy atom. The van der Waals surface area contributed by atoms with E-state index in [0.717, 1.165) is 15.6 Å². The summed E-state index contributed by atoms with van der Waals surface area (Å²) in [5.74, 6) is 0.995. The summed E-state index contributed by atoms with van der Waals surface area (Å²) in [6, 6.07) is 21.5. The minimum absolute atomic E-state index is 0.127. The summed E-state index contributed by atoms with van der Waals surface area (Å²) in [6.45, 7) is 2.36. The van der Waals surface area contributed by atoms with E-state index in [-0.39, 0.29) is 12.1 Å². The Hall–Kier alpha value is -3.13. The van der Waals surface area contributed by atoms with Gasteiger partial charge in [-0.25, -0.2) is 9.78 Å². The molecule has 2 heterocycles. The molecule has 1 aliphatic rings. The molecule has 188 valence electrons. The van der Waals surface area contributed by atoms with Crippen LogP contribution in [0.3, 0.4) is 0 Å². The second kappa shape index (κ2) is 10.7.